The third-order valence-corrected chi connectivity index (χ3v) is 2.52. The fraction of sp³-hybridized carbons (Fsp3) is 0.273. The molecule has 0 bridgehead atoms. The molecule has 5 nitrogen and oxygen atoms in total. The van der Waals surface area contributed by atoms with Gasteiger partial charge in [0.25, 0.3) is 0 Å². The summed E-state index contributed by atoms with van der Waals surface area (Å²) in [6.07, 6.45) is 2.41. The van der Waals surface area contributed by atoms with Crippen LogP contribution in [-0.2, 0) is 6.42 Å². The monoisotopic (exact) mass is 252 g/mol. The molecular formula is C11H13ClN4O. The summed E-state index contributed by atoms with van der Waals surface area (Å²) >= 11 is 5.76. The van der Waals surface area contributed by atoms with Crippen molar-refractivity contribution < 1.29 is 4.42 Å². The molecule has 2 aromatic heterocycles. The lowest BCUT2D eigenvalue weighted by molar-refractivity contribution is 0.513. The van der Waals surface area contributed by atoms with Crippen LogP contribution in [0, 0.1) is 6.92 Å². The van der Waals surface area contributed by atoms with Crippen LogP contribution < -0.4 is 11.1 Å². The van der Waals surface area contributed by atoms with Gasteiger partial charge in [-0.3, -0.25) is 0 Å². The fourth-order valence-corrected chi connectivity index (χ4v) is 1.65. The van der Waals surface area contributed by atoms with Crippen LogP contribution in [0.4, 0.5) is 11.5 Å². The van der Waals surface area contributed by atoms with E-state index in [1.807, 2.05) is 12.1 Å². The molecule has 0 aliphatic heterocycles. The molecule has 0 saturated carbocycles. The van der Waals surface area contributed by atoms with Gasteiger partial charge in [0.1, 0.15) is 5.76 Å². The zero-order valence-electron chi connectivity index (χ0n) is 9.40. The maximum Gasteiger partial charge on any atom is 0.224 e. The Morgan fingerprint density at radius 3 is 3.00 bits per heavy atom. The van der Waals surface area contributed by atoms with Gasteiger partial charge in [-0.25, -0.2) is 4.98 Å². The van der Waals surface area contributed by atoms with E-state index in [2.05, 4.69) is 15.3 Å². The first-order valence-corrected chi connectivity index (χ1v) is 5.60. The van der Waals surface area contributed by atoms with E-state index in [0.29, 0.717) is 23.7 Å². The van der Waals surface area contributed by atoms with E-state index < -0.39 is 0 Å². The molecule has 0 saturated heterocycles. The highest BCUT2D eigenvalue weighted by molar-refractivity contribution is 6.28. The summed E-state index contributed by atoms with van der Waals surface area (Å²) in [7, 11) is 0. The number of anilines is 2. The molecule has 0 radical (unpaired) electrons. The largest absolute Gasteiger partial charge is 0.469 e. The Labute approximate surface area is 104 Å². The highest BCUT2D eigenvalue weighted by Gasteiger charge is 2.07. The minimum Gasteiger partial charge on any atom is -0.469 e. The predicted octanol–water partition coefficient (Wildman–Crippen LogP) is 2.27. The molecule has 0 aliphatic rings. The summed E-state index contributed by atoms with van der Waals surface area (Å²) in [4.78, 5) is 8.00. The summed E-state index contributed by atoms with van der Waals surface area (Å²) in [5.41, 5.74) is 7.04. The van der Waals surface area contributed by atoms with Crippen molar-refractivity contribution in [3.8, 4) is 0 Å². The molecule has 2 aromatic rings. The second kappa shape index (κ2) is 5.05. The third-order valence-electron chi connectivity index (χ3n) is 2.35. The Morgan fingerprint density at radius 1 is 1.47 bits per heavy atom. The number of nitrogens with one attached hydrogen (secondary N) is 1. The van der Waals surface area contributed by atoms with Crippen molar-refractivity contribution in [2.24, 2.45) is 0 Å². The van der Waals surface area contributed by atoms with Crippen LogP contribution in [-0.4, -0.2) is 16.5 Å². The molecule has 17 heavy (non-hydrogen) atoms. The van der Waals surface area contributed by atoms with Gasteiger partial charge in [-0.15, -0.1) is 0 Å². The maximum absolute atomic E-state index is 5.84. The summed E-state index contributed by atoms with van der Waals surface area (Å²) in [5.74, 6) is 1.47. The zero-order valence-corrected chi connectivity index (χ0v) is 10.2. The molecule has 0 aliphatic carbocycles. The molecule has 0 fully saturated rings. The molecule has 0 unspecified atom stereocenters. The topological polar surface area (TPSA) is 77.0 Å². The number of aromatic nitrogens is 2. The molecule has 0 atom stereocenters. The average Bonchev–Trinajstić information content (AvgIpc) is 2.78. The molecule has 2 heterocycles. The van der Waals surface area contributed by atoms with Crippen LogP contribution in [0.2, 0.25) is 5.28 Å². The number of furan rings is 1. The Balaban J connectivity index is 1.99. The molecule has 0 spiro atoms. The number of aryl methyl sites for hydroxylation is 1. The molecular weight excluding hydrogens is 240 g/mol. The average molecular weight is 253 g/mol. The van der Waals surface area contributed by atoms with Crippen LogP contribution in [0.25, 0.3) is 0 Å². The predicted molar refractivity (Wildman–Crippen MR) is 67.1 cm³/mol. The van der Waals surface area contributed by atoms with E-state index in [4.69, 9.17) is 21.8 Å². The Bertz CT molecular complexity index is 498. The van der Waals surface area contributed by atoms with Gasteiger partial charge in [-0.2, -0.15) is 4.98 Å². The number of hydrogen-bond donors (Lipinski definition) is 2. The van der Waals surface area contributed by atoms with Crippen molar-refractivity contribution in [3.63, 3.8) is 0 Å². The molecule has 6 heteroatoms. The van der Waals surface area contributed by atoms with Gasteiger partial charge in [0.2, 0.25) is 5.28 Å². The Hall–Kier alpha value is -1.75. The summed E-state index contributed by atoms with van der Waals surface area (Å²) in [6.45, 7) is 2.46. The molecule has 3 N–H and O–H groups in total. The zero-order chi connectivity index (χ0) is 12.3. The van der Waals surface area contributed by atoms with Gasteiger partial charge in [0.05, 0.1) is 17.6 Å². The number of nitrogens with zero attached hydrogens (tertiary/aromatic N) is 2. The smallest absolute Gasteiger partial charge is 0.224 e. The lowest BCUT2D eigenvalue weighted by atomic mass is 10.3. The van der Waals surface area contributed by atoms with E-state index >= 15 is 0 Å². The Morgan fingerprint density at radius 2 is 2.29 bits per heavy atom. The fourth-order valence-electron chi connectivity index (χ4n) is 1.44. The minimum atomic E-state index is 0.192. The third kappa shape index (κ3) is 2.88. The van der Waals surface area contributed by atoms with Crippen molar-refractivity contribution in [1.82, 2.24) is 9.97 Å². The van der Waals surface area contributed by atoms with Gasteiger partial charge >= 0.3 is 0 Å². The van der Waals surface area contributed by atoms with Gasteiger partial charge < -0.3 is 15.5 Å². The van der Waals surface area contributed by atoms with Crippen molar-refractivity contribution in [1.29, 1.82) is 0 Å². The first-order chi connectivity index (χ1) is 8.16. The molecule has 0 amide bonds. The normalized spacial score (nSPS) is 10.5. The lowest BCUT2D eigenvalue weighted by Gasteiger charge is -2.09. The van der Waals surface area contributed by atoms with Crippen molar-refractivity contribution in [2.45, 2.75) is 13.3 Å². The second-order valence-corrected chi connectivity index (χ2v) is 3.93. The van der Waals surface area contributed by atoms with E-state index in [-0.39, 0.29) is 5.28 Å². The number of rotatable bonds is 4. The first kappa shape index (κ1) is 11.7. The molecule has 90 valence electrons. The Kier molecular flexibility index (Phi) is 3.49. The standard InChI is InChI=1S/C11H13ClN4O/c1-7-9(13)10(16-11(12)15-7)14-5-4-8-3-2-6-17-8/h2-3,6H,4-5,13H2,1H3,(H,14,15,16). The lowest BCUT2D eigenvalue weighted by Crippen LogP contribution is -2.10. The first-order valence-electron chi connectivity index (χ1n) is 5.22. The quantitative estimate of drug-likeness (QED) is 0.817. The van der Waals surface area contributed by atoms with E-state index in [1.54, 1.807) is 13.2 Å². The number of hydrogen-bond acceptors (Lipinski definition) is 5. The van der Waals surface area contributed by atoms with Crippen molar-refractivity contribution in [3.05, 3.63) is 35.1 Å². The van der Waals surface area contributed by atoms with Crippen molar-refractivity contribution in [2.75, 3.05) is 17.6 Å². The van der Waals surface area contributed by atoms with E-state index in [9.17, 15) is 0 Å². The number of nitrogens with two attached hydrogens (primary N) is 1. The van der Waals surface area contributed by atoms with Gasteiger partial charge in [-0.05, 0) is 30.7 Å². The van der Waals surface area contributed by atoms with Crippen LogP contribution in [0.1, 0.15) is 11.5 Å². The van der Waals surface area contributed by atoms with E-state index in [0.717, 1.165) is 12.2 Å². The summed E-state index contributed by atoms with van der Waals surface area (Å²) < 4.78 is 5.22. The summed E-state index contributed by atoms with van der Waals surface area (Å²) in [6, 6.07) is 3.78. The SMILES string of the molecule is Cc1nc(Cl)nc(NCCc2ccco2)c1N. The second-order valence-electron chi connectivity index (χ2n) is 3.60. The van der Waals surface area contributed by atoms with Crippen LogP contribution in [0.3, 0.4) is 0 Å². The maximum atomic E-state index is 5.84. The van der Waals surface area contributed by atoms with E-state index in [1.165, 1.54) is 0 Å². The van der Waals surface area contributed by atoms with Gasteiger partial charge in [0, 0.05) is 13.0 Å². The number of nitrogen functional groups attached to an aromatic ring is 1. The molecule has 2 rings (SSSR count). The van der Waals surface area contributed by atoms with Crippen LogP contribution >= 0.6 is 11.6 Å². The van der Waals surface area contributed by atoms with Crippen LogP contribution in [0.15, 0.2) is 22.8 Å². The van der Waals surface area contributed by atoms with Gasteiger partial charge in [-0.1, -0.05) is 0 Å². The highest BCUT2D eigenvalue weighted by Crippen LogP contribution is 2.20. The van der Waals surface area contributed by atoms with Crippen molar-refractivity contribution >= 4 is 23.1 Å². The van der Waals surface area contributed by atoms with Crippen LogP contribution in [0.5, 0.6) is 0 Å². The highest BCUT2D eigenvalue weighted by atomic mass is 35.5. The number of halogens is 1. The summed E-state index contributed by atoms with van der Waals surface area (Å²) in [5, 5.41) is 3.30. The molecule has 0 aromatic carbocycles. The van der Waals surface area contributed by atoms with Gasteiger partial charge in [0.15, 0.2) is 5.82 Å². The minimum absolute atomic E-state index is 0.192.